The highest BCUT2D eigenvalue weighted by Gasteiger charge is 2.43. The van der Waals surface area contributed by atoms with Crippen LogP contribution in [0, 0.1) is 17.8 Å². The van der Waals surface area contributed by atoms with Gasteiger partial charge in [-0.2, -0.15) is 0 Å². The van der Waals surface area contributed by atoms with Gasteiger partial charge in [-0.25, -0.2) is 0 Å². The van der Waals surface area contributed by atoms with E-state index in [2.05, 4.69) is 24.5 Å². The van der Waals surface area contributed by atoms with Gasteiger partial charge in [0.2, 0.25) is 5.91 Å². The molecule has 2 amide bonds. The monoisotopic (exact) mass is 414 g/mol. The second kappa shape index (κ2) is 8.12. The highest BCUT2D eigenvalue weighted by molar-refractivity contribution is 5.80. The number of piperidine rings is 1. The summed E-state index contributed by atoms with van der Waals surface area (Å²) < 4.78 is 11.8. The number of nitrogens with one attached hydrogen (secondary N) is 2. The predicted octanol–water partition coefficient (Wildman–Crippen LogP) is 3.22. The van der Waals surface area contributed by atoms with Gasteiger partial charge in [0.25, 0.3) is 5.91 Å². The van der Waals surface area contributed by atoms with Crippen molar-refractivity contribution in [2.45, 2.75) is 77.5 Å². The summed E-state index contributed by atoms with van der Waals surface area (Å²) in [5.41, 5.74) is 0.866. The van der Waals surface area contributed by atoms with Crippen molar-refractivity contribution in [3.05, 3.63) is 23.8 Å². The van der Waals surface area contributed by atoms with Crippen LogP contribution in [0.2, 0.25) is 0 Å². The van der Waals surface area contributed by atoms with E-state index in [0.29, 0.717) is 17.6 Å². The topological polar surface area (TPSA) is 76.7 Å². The van der Waals surface area contributed by atoms with E-state index in [4.69, 9.17) is 9.47 Å². The van der Waals surface area contributed by atoms with Gasteiger partial charge in [0.05, 0.1) is 0 Å². The maximum atomic E-state index is 12.5. The van der Waals surface area contributed by atoms with E-state index in [1.54, 1.807) is 0 Å². The van der Waals surface area contributed by atoms with E-state index < -0.39 is 0 Å². The molecule has 5 unspecified atom stereocenters. The smallest absolute Gasteiger partial charge is 0.258 e. The SMILES string of the molecule is CCC1C(=O)NC2CC(NC(=O)COc3cccc4c3OC(C)(C)C4)CCC2C1C. The number of amides is 2. The summed E-state index contributed by atoms with van der Waals surface area (Å²) in [4.78, 5) is 24.9. The standard InChI is InChI=1S/C24H34N2O4/c1-5-17-14(2)18-10-9-16(11-19(18)26-23(17)28)25-21(27)13-29-20-8-6-7-15-12-24(3,4)30-22(15)20/h6-8,14,16-19H,5,9-13H2,1-4H3,(H,25,27)(H,26,28). The lowest BCUT2D eigenvalue weighted by molar-refractivity contribution is -0.133. The summed E-state index contributed by atoms with van der Waals surface area (Å²) in [6.07, 6.45) is 4.49. The van der Waals surface area contributed by atoms with Gasteiger partial charge in [-0.05, 0) is 57.4 Å². The van der Waals surface area contributed by atoms with Crippen LogP contribution in [0.1, 0.15) is 58.9 Å². The van der Waals surface area contributed by atoms with Crippen molar-refractivity contribution in [1.82, 2.24) is 10.6 Å². The van der Waals surface area contributed by atoms with Crippen molar-refractivity contribution in [2.24, 2.45) is 17.8 Å². The number of benzene rings is 1. The van der Waals surface area contributed by atoms with Gasteiger partial charge in [0.1, 0.15) is 5.60 Å². The van der Waals surface area contributed by atoms with Crippen LogP contribution in [0.5, 0.6) is 11.5 Å². The van der Waals surface area contributed by atoms with Crippen LogP contribution < -0.4 is 20.1 Å². The Morgan fingerprint density at radius 2 is 2.13 bits per heavy atom. The molecule has 0 bridgehead atoms. The summed E-state index contributed by atoms with van der Waals surface area (Å²) >= 11 is 0. The van der Waals surface area contributed by atoms with Crippen LogP contribution in [-0.4, -0.2) is 36.1 Å². The Labute approximate surface area is 179 Å². The van der Waals surface area contributed by atoms with Crippen LogP contribution in [0.15, 0.2) is 18.2 Å². The van der Waals surface area contributed by atoms with Gasteiger partial charge in [0.15, 0.2) is 18.1 Å². The van der Waals surface area contributed by atoms with Crippen LogP contribution in [0.25, 0.3) is 0 Å². The van der Waals surface area contributed by atoms with Crippen LogP contribution in [0.4, 0.5) is 0 Å². The maximum Gasteiger partial charge on any atom is 0.258 e. The Bertz CT molecular complexity index is 821. The average molecular weight is 415 g/mol. The molecule has 2 N–H and O–H groups in total. The molecule has 30 heavy (non-hydrogen) atoms. The van der Waals surface area contributed by atoms with Crippen LogP contribution in [0.3, 0.4) is 0 Å². The molecule has 2 fully saturated rings. The molecular formula is C24H34N2O4. The Kier molecular flexibility index (Phi) is 5.69. The van der Waals surface area contributed by atoms with Crippen LogP contribution in [-0.2, 0) is 16.0 Å². The number of para-hydroxylation sites is 1. The molecule has 0 radical (unpaired) electrons. The number of ether oxygens (including phenoxy) is 2. The molecule has 1 saturated carbocycles. The second-order valence-electron chi connectivity index (χ2n) is 9.80. The van der Waals surface area contributed by atoms with Crippen molar-refractivity contribution in [3.8, 4) is 11.5 Å². The van der Waals surface area contributed by atoms with Crippen LogP contribution >= 0.6 is 0 Å². The lowest BCUT2D eigenvalue weighted by Gasteiger charge is -2.46. The van der Waals surface area contributed by atoms with Crippen molar-refractivity contribution >= 4 is 11.8 Å². The number of fused-ring (bicyclic) bond motifs is 2. The lowest BCUT2D eigenvalue weighted by atomic mass is 9.67. The summed E-state index contributed by atoms with van der Waals surface area (Å²) in [6, 6.07) is 6.06. The molecule has 6 heteroatoms. The van der Waals surface area contributed by atoms with E-state index >= 15 is 0 Å². The predicted molar refractivity (Wildman–Crippen MR) is 114 cm³/mol. The Hall–Kier alpha value is -2.24. The van der Waals surface area contributed by atoms with Gasteiger partial charge < -0.3 is 20.1 Å². The zero-order valence-corrected chi connectivity index (χ0v) is 18.5. The quantitative estimate of drug-likeness (QED) is 0.776. The first-order valence-corrected chi connectivity index (χ1v) is 11.3. The zero-order valence-electron chi connectivity index (χ0n) is 18.5. The molecule has 0 aromatic heterocycles. The molecule has 2 aliphatic heterocycles. The highest BCUT2D eigenvalue weighted by atomic mass is 16.5. The minimum absolute atomic E-state index is 0.0362. The summed E-state index contributed by atoms with van der Waals surface area (Å²) in [5.74, 6) is 2.43. The zero-order chi connectivity index (χ0) is 21.5. The molecule has 1 aromatic rings. The first-order chi connectivity index (χ1) is 14.3. The van der Waals surface area contributed by atoms with Crippen molar-refractivity contribution < 1.29 is 19.1 Å². The molecule has 0 spiro atoms. The maximum absolute atomic E-state index is 12.5. The number of hydrogen-bond donors (Lipinski definition) is 2. The van der Waals surface area contributed by atoms with Crippen molar-refractivity contribution in [2.75, 3.05) is 6.61 Å². The fourth-order valence-electron chi connectivity index (χ4n) is 5.62. The van der Waals surface area contributed by atoms with Gasteiger partial charge >= 0.3 is 0 Å². The summed E-state index contributed by atoms with van der Waals surface area (Å²) in [5, 5.41) is 6.31. The minimum atomic E-state index is -0.249. The Morgan fingerprint density at radius 3 is 2.90 bits per heavy atom. The van der Waals surface area contributed by atoms with Gasteiger partial charge in [-0.1, -0.05) is 26.0 Å². The van der Waals surface area contributed by atoms with E-state index in [1.165, 1.54) is 0 Å². The lowest BCUT2D eigenvalue weighted by Crippen LogP contribution is -2.58. The largest absolute Gasteiger partial charge is 0.483 e. The third-order valence-corrected chi connectivity index (χ3v) is 7.10. The highest BCUT2D eigenvalue weighted by Crippen LogP contribution is 2.42. The number of carbonyl (C=O) groups excluding carboxylic acids is 2. The van der Waals surface area contributed by atoms with Gasteiger partial charge in [0, 0.05) is 30.0 Å². The van der Waals surface area contributed by atoms with E-state index in [1.807, 2.05) is 32.0 Å². The summed E-state index contributed by atoms with van der Waals surface area (Å²) in [6.45, 7) is 8.35. The fourth-order valence-corrected chi connectivity index (χ4v) is 5.62. The molecule has 2 heterocycles. The number of hydrogen-bond acceptors (Lipinski definition) is 4. The molecule has 3 aliphatic rings. The Balaban J connectivity index is 1.30. The van der Waals surface area contributed by atoms with Gasteiger partial charge in [-0.3, -0.25) is 9.59 Å². The first-order valence-electron chi connectivity index (χ1n) is 11.3. The molecule has 164 valence electrons. The molecule has 5 atom stereocenters. The molecular weight excluding hydrogens is 380 g/mol. The van der Waals surface area contributed by atoms with Crippen molar-refractivity contribution in [1.29, 1.82) is 0 Å². The number of rotatable bonds is 5. The molecule has 1 aliphatic carbocycles. The molecule has 4 rings (SSSR count). The molecule has 6 nitrogen and oxygen atoms in total. The third-order valence-electron chi connectivity index (χ3n) is 7.10. The van der Waals surface area contributed by atoms with Gasteiger partial charge in [-0.15, -0.1) is 0 Å². The normalized spacial score (nSPS) is 31.7. The van der Waals surface area contributed by atoms with Crippen molar-refractivity contribution in [3.63, 3.8) is 0 Å². The number of carbonyl (C=O) groups is 2. The third kappa shape index (κ3) is 4.14. The fraction of sp³-hybridized carbons (Fsp3) is 0.667. The summed E-state index contributed by atoms with van der Waals surface area (Å²) in [7, 11) is 0. The minimum Gasteiger partial charge on any atom is -0.483 e. The first kappa shape index (κ1) is 21.0. The van der Waals surface area contributed by atoms with E-state index in [9.17, 15) is 9.59 Å². The Morgan fingerprint density at radius 1 is 1.33 bits per heavy atom. The van der Waals surface area contributed by atoms with E-state index in [0.717, 1.165) is 43.4 Å². The van der Waals surface area contributed by atoms with E-state index in [-0.39, 0.29) is 42.0 Å². The second-order valence-corrected chi connectivity index (χ2v) is 9.80. The molecule has 1 aromatic carbocycles. The average Bonchev–Trinajstić information content (AvgIpc) is 3.00. The molecule has 1 saturated heterocycles.